The highest BCUT2D eigenvalue weighted by Gasteiger charge is 2.21. The van der Waals surface area contributed by atoms with Gasteiger partial charge in [0.2, 0.25) is 0 Å². The maximum atomic E-state index is 5.43. The van der Waals surface area contributed by atoms with Crippen LogP contribution in [0.2, 0.25) is 19.6 Å². The molecule has 1 fully saturated rings. The molecule has 0 aromatic carbocycles. The van der Waals surface area contributed by atoms with Crippen LogP contribution in [0.5, 0.6) is 0 Å². The van der Waals surface area contributed by atoms with Gasteiger partial charge in [-0.1, -0.05) is 37.7 Å². The van der Waals surface area contributed by atoms with Gasteiger partial charge in [0.25, 0.3) is 0 Å². The minimum atomic E-state index is -1.25. The van der Waals surface area contributed by atoms with E-state index in [0.717, 1.165) is 13.2 Å². The molecule has 1 unspecified atom stereocenters. The Bertz CT molecular complexity index is 336. The van der Waals surface area contributed by atoms with E-state index in [4.69, 9.17) is 4.74 Å². The van der Waals surface area contributed by atoms with Crippen molar-refractivity contribution in [3.63, 3.8) is 0 Å². The molecule has 82 valence electrons. The van der Waals surface area contributed by atoms with Crippen LogP contribution in [-0.4, -0.2) is 21.3 Å². The zero-order chi connectivity index (χ0) is 11.5. The highest BCUT2D eigenvalue weighted by molar-refractivity contribution is 6.83. The van der Waals surface area contributed by atoms with Crippen molar-refractivity contribution in [1.29, 1.82) is 0 Å². The second-order valence-electron chi connectivity index (χ2n) is 5.15. The van der Waals surface area contributed by atoms with E-state index in [-0.39, 0.29) is 0 Å². The van der Waals surface area contributed by atoms with Crippen molar-refractivity contribution in [3.8, 4) is 11.5 Å². The summed E-state index contributed by atoms with van der Waals surface area (Å²) in [5, 5.41) is 0. The number of hydrogen-bond donors (Lipinski definition) is 0. The molecule has 0 N–H and O–H groups in total. The van der Waals surface area contributed by atoms with Crippen LogP contribution in [0.4, 0.5) is 0 Å². The van der Waals surface area contributed by atoms with Gasteiger partial charge in [0.1, 0.15) is 8.07 Å². The van der Waals surface area contributed by atoms with Crippen LogP contribution in [0.3, 0.4) is 0 Å². The van der Waals surface area contributed by atoms with Crippen LogP contribution in [0.15, 0.2) is 23.8 Å². The largest absolute Gasteiger partial charge is 0.376 e. The second kappa shape index (κ2) is 4.83. The summed E-state index contributed by atoms with van der Waals surface area (Å²) in [5.74, 6) is 3.57. The topological polar surface area (TPSA) is 9.23 Å². The molecule has 0 radical (unpaired) electrons. The molecule has 2 heteroatoms. The van der Waals surface area contributed by atoms with E-state index in [2.05, 4.69) is 44.6 Å². The SMILES string of the molecule is C=C(C)C1COC/C1=C\C#C[Si](C)(C)C. The predicted molar refractivity (Wildman–Crippen MR) is 68.3 cm³/mol. The lowest BCUT2D eigenvalue weighted by molar-refractivity contribution is 0.194. The quantitative estimate of drug-likeness (QED) is 0.375. The zero-order valence-corrected chi connectivity index (χ0v) is 11.2. The summed E-state index contributed by atoms with van der Waals surface area (Å²) in [5.41, 5.74) is 5.80. The first-order valence-electron chi connectivity index (χ1n) is 5.35. The fraction of sp³-hybridized carbons (Fsp3) is 0.538. The Labute approximate surface area is 94.2 Å². The Morgan fingerprint density at radius 1 is 1.53 bits per heavy atom. The summed E-state index contributed by atoms with van der Waals surface area (Å²) in [6.45, 7) is 14.3. The van der Waals surface area contributed by atoms with Crippen molar-refractivity contribution in [3.05, 3.63) is 23.8 Å². The monoisotopic (exact) mass is 220 g/mol. The van der Waals surface area contributed by atoms with Crippen LogP contribution in [-0.2, 0) is 4.74 Å². The zero-order valence-electron chi connectivity index (χ0n) is 10.2. The molecule has 0 amide bonds. The lowest BCUT2D eigenvalue weighted by Crippen LogP contribution is -2.16. The van der Waals surface area contributed by atoms with E-state index in [0.29, 0.717) is 5.92 Å². The van der Waals surface area contributed by atoms with E-state index in [9.17, 15) is 0 Å². The molecule has 1 rings (SSSR count). The summed E-state index contributed by atoms with van der Waals surface area (Å²) in [4.78, 5) is 0. The Morgan fingerprint density at radius 2 is 2.20 bits per heavy atom. The average molecular weight is 220 g/mol. The summed E-state index contributed by atoms with van der Waals surface area (Å²) in [6.07, 6.45) is 2.03. The molecule has 1 aliphatic heterocycles. The summed E-state index contributed by atoms with van der Waals surface area (Å²) in [7, 11) is -1.25. The first-order valence-corrected chi connectivity index (χ1v) is 8.85. The molecule has 1 saturated heterocycles. The van der Waals surface area contributed by atoms with E-state index in [1.54, 1.807) is 0 Å². The Hall–Kier alpha value is -0.783. The molecule has 0 bridgehead atoms. The van der Waals surface area contributed by atoms with Crippen molar-refractivity contribution in [2.75, 3.05) is 13.2 Å². The molecule has 1 heterocycles. The Kier molecular flexibility index (Phi) is 3.95. The molecule has 1 atom stereocenters. The van der Waals surface area contributed by atoms with Crippen molar-refractivity contribution >= 4 is 8.07 Å². The third-order valence-electron chi connectivity index (χ3n) is 2.30. The highest BCUT2D eigenvalue weighted by atomic mass is 28.3. The van der Waals surface area contributed by atoms with E-state index in [1.165, 1.54) is 11.1 Å². The van der Waals surface area contributed by atoms with Gasteiger partial charge in [-0.3, -0.25) is 0 Å². The van der Waals surface area contributed by atoms with Crippen LogP contribution < -0.4 is 0 Å². The minimum absolute atomic E-state index is 0.390. The van der Waals surface area contributed by atoms with Crippen LogP contribution in [0.1, 0.15) is 6.92 Å². The normalized spacial score (nSPS) is 23.7. The van der Waals surface area contributed by atoms with Crippen molar-refractivity contribution in [1.82, 2.24) is 0 Å². The molecular weight excluding hydrogens is 200 g/mol. The Balaban J connectivity index is 2.74. The van der Waals surface area contributed by atoms with Crippen molar-refractivity contribution in [2.45, 2.75) is 26.6 Å². The standard InChI is InChI=1S/C13H20OSi/c1-11(2)13-10-14-9-12(13)7-6-8-15(3,4)5/h7,13H,1,9-10H2,2-5H3/b12-7+. The third-order valence-corrected chi connectivity index (χ3v) is 3.19. The molecule has 0 aromatic rings. The van der Waals surface area contributed by atoms with Crippen LogP contribution >= 0.6 is 0 Å². The second-order valence-corrected chi connectivity index (χ2v) is 9.90. The van der Waals surface area contributed by atoms with E-state index in [1.807, 2.05) is 6.08 Å². The fourth-order valence-corrected chi connectivity index (χ4v) is 1.95. The number of allylic oxidation sites excluding steroid dienone is 1. The van der Waals surface area contributed by atoms with Gasteiger partial charge in [-0.05, 0) is 18.6 Å². The average Bonchev–Trinajstić information content (AvgIpc) is 2.49. The number of rotatable bonds is 1. The van der Waals surface area contributed by atoms with Gasteiger partial charge in [0, 0.05) is 5.92 Å². The molecule has 15 heavy (non-hydrogen) atoms. The lowest BCUT2D eigenvalue weighted by Gasteiger charge is -2.07. The van der Waals surface area contributed by atoms with E-state index >= 15 is 0 Å². The molecule has 0 aromatic heterocycles. The van der Waals surface area contributed by atoms with Gasteiger partial charge >= 0.3 is 0 Å². The first kappa shape index (κ1) is 12.3. The summed E-state index contributed by atoms with van der Waals surface area (Å²) < 4.78 is 5.43. The van der Waals surface area contributed by atoms with Crippen molar-refractivity contribution < 1.29 is 4.74 Å². The van der Waals surface area contributed by atoms with Gasteiger partial charge in [0.15, 0.2) is 0 Å². The molecule has 0 aliphatic carbocycles. The molecule has 0 saturated carbocycles. The van der Waals surface area contributed by atoms with Gasteiger partial charge in [0.05, 0.1) is 13.2 Å². The third kappa shape index (κ3) is 4.07. The highest BCUT2D eigenvalue weighted by Crippen LogP contribution is 2.25. The van der Waals surface area contributed by atoms with Gasteiger partial charge in [-0.2, -0.15) is 0 Å². The molecule has 1 aliphatic rings. The maximum Gasteiger partial charge on any atom is 0.129 e. The number of ether oxygens (including phenoxy) is 1. The smallest absolute Gasteiger partial charge is 0.129 e. The Morgan fingerprint density at radius 3 is 2.73 bits per heavy atom. The molecule has 0 spiro atoms. The van der Waals surface area contributed by atoms with Gasteiger partial charge in [-0.15, -0.1) is 5.54 Å². The van der Waals surface area contributed by atoms with Crippen LogP contribution in [0.25, 0.3) is 0 Å². The first-order chi connectivity index (χ1) is 6.90. The van der Waals surface area contributed by atoms with Crippen LogP contribution in [0, 0.1) is 17.4 Å². The molecular formula is C13H20OSi. The minimum Gasteiger partial charge on any atom is -0.376 e. The fourth-order valence-electron chi connectivity index (χ4n) is 1.45. The van der Waals surface area contributed by atoms with E-state index < -0.39 is 8.07 Å². The van der Waals surface area contributed by atoms with Gasteiger partial charge < -0.3 is 4.74 Å². The predicted octanol–water partition coefficient (Wildman–Crippen LogP) is 3.02. The molecule has 1 nitrogen and oxygen atoms in total. The summed E-state index contributed by atoms with van der Waals surface area (Å²) in [6, 6.07) is 0. The number of hydrogen-bond acceptors (Lipinski definition) is 1. The summed E-state index contributed by atoms with van der Waals surface area (Å²) >= 11 is 0. The van der Waals surface area contributed by atoms with Crippen molar-refractivity contribution in [2.24, 2.45) is 5.92 Å². The lowest BCUT2D eigenvalue weighted by atomic mass is 9.96. The maximum absolute atomic E-state index is 5.43. The van der Waals surface area contributed by atoms with Gasteiger partial charge in [-0.25, -0.2) is 0 Å².